The predicted octanol–water partition coefficient (Wildman–Crippen LogP) is 5.88. The molecule has 1 saturated heterocycles. The SMILES string of the molecule is C=CC(=O)N1CCN(c2nc(OCC(C)CCCC)nc(CC)c2CCCCc2c(O)cccc2F)[C@@H](C)C1. The Hall–Kier alpha value is -3.16. The number of ether oxygens (including phenoxy) is 1. The molecule has 0 spiro atoms. The Kier molecular flexibility index (Phi) is 11.6. The molecule has 2 heterocycles. The Balaban J connectivity index is 1.82. The zero-order valence-corrected chi connectivity index (χ0v) is 24.1. The smallest absolute Gasteiger partial charge is 0.318 e. The molecule has 1 aliphatic heterocycles. The van der Waals surface area contributed by atoms with Crippen molar-refractivity contribution in [2.45, 2.75) is 85.1 Å². The number of aryl methyl sites for hydroxylation is 1. The van der Waals surface area contributed by atoms with Crippen LogP contribution in [-0.2, 0) is 24.1 Å². The van der Waals surface area contributed by atoms with Crippen molar-refractivity contribution in [3.63, 3.8) is 0 Å². The van der Waals surface area contributed by atoms with Crippen molar-refractivity contribution in [2.75, 3.05) is 31.1 Å². The van der Waals surface area contributed by atoms with Crippen LogP contribution in [-0.4, -0.2) is 58.2 Å². The summed E-state index contributed by atoms with van der Waals surface area (Å²) in [6.45, 7) is 14.6. The van der Waals surface area contributed by atoms with Crippen LogP contribution in [0.4, 0.5) is 10.2 Å². The Morgan fingerprint density at radius 1 is 1.21 bits per heavy atom. The summed E-state index contributed by atoms with van der Waals surface area (Å²) in [7, 11) is 0. The lowest BCUT2D eigenvalue weighted by Gasteiger charge is -2.41. The first-order chi connectivity index (χ1) is 18.8. The number of benzene rings is 1. The number of nitrogens with zero attached hydrogens (tertiary/aromatic N) is 4. The lowest BCUT2D eigenvalue weighted by atomic mass is 10.00. The number of carbonyl (C=O) groups is 1. The van der Waals surface area contributed by atoms with Gasteiger partial charge in [0.15, 0.2) is 0 Å². The van der Waals surface area contributed by atoms with E-state index in [1.54, 1.807) is 0 Å². The quantitative estimate of drug-likeness (QED) is 0.238. The number of hydrogen-bond donors (Lipinski definition) is 1. The van der Waals surface area contributed by atoms with Gasteiger partial charge in [0.2, 0.25) is 5.91 Å². The van der Waals surface area contributed by atoms with Crippen LogP contribution in [0, 0.1) is 11.7 Å². The molecule has 0 radical (unpaired) electrons. The first kappa shape index (κ1) is 30.4. The molecular formula is C31H45FN4O3. The van der Waals surface area contributed by atoms with Crippen molar-refractivity contribution in [3.05, 3.63) is 53.5 Å². The standard InChI is InChI=1S/C31H45FN4O3/c1-6-9-13-22(4)21-39-31-33-27(7-2)25(15-11-10-14-24-26(32)16-12-17-28(24)37)30(34-31)36-19-18-35(20-23(36)5)29(38)8-3/h8,12,16-17,22-23,37H,3,6-7,9-11,13-15,18-21H2,1-2,4-5H3/t22?,23-/m0/s1. The minimum Gasteiger partial charge on any atom is -0.508 e. The highest BCUT2D eigenvalue weighted by molar-refractivity contribution is 5.87. The van der Waals surface area contributed by atoms with Crippen LogP contribution in [0.3, 0.4) is 0 Å². The zero-order valence-electron chi connectivity index (χ0n) is 24.1. The number of aromatic hydroxyl groups is 1. The summed E-state index contributed by atoms with van der Waals surface area (Å²) in [5.74, 6) is 0.862. The maximum atomic E-state index is 14.2. The van der Waals surface area contributed by atoms with Gasteiger partial charge in [0.1, 0.15) is 17.4 Å². The van der Waals surface area contributed by atoms with Gasteiger partial charge >= 0.3 is 6.01 Å². The number of aromatic nitrogens is 2. The highest BCUT2D eigenvalue weighted by Crippen LogP contribution is 2.30. The van der Waals surface area contributed by atoms with Gasteiger partial charge in [0.25, 0.3) is 0 Å². The molecule has 0 aliphatic carbocycles. The van der Waals surface area contributed by atoms with E-state index in [9.17, 15) is 14.3 Å². The van der Waals surface area contributed by atoms with Crippen LogP contribution in [0.2, 0.25) is 0 Å². The topological polar surface area (TPSA) is 78.8 Å². The van der Waals surface area contributed by atoms with E-state index in [0.717, 1.165) is 55.6 Å². The van der Waals surface area contributed by atoms with Gasteiger partial charge in [-0.1, -0.05) is 46.3 Å². The first-order valence-corrected chi connectivity index (χ1v) is 14.5. The molecule has 0 bridgehead atoms. The highest BCUT2D eigenvalue weighted by Gasteiger charge is 2.29. The number of halogens is 1. The second kappa shape index (κ2) is 14.8. The number of unbranched alkanes of at least 4 members (excludes halogenated alkanes) is 2. The fraction of sp³-hybridized carbons (Fsp3) is 0.581. The van der Waals surface area contributed by atoms with Gasteiger partial charge in [-0.15, -0.1) is 0 Å². The Morgan fingerprint density at radius 2 is 1.95 bits per heavy atom. The van der Waals surface area contributed by atoms with Gasteiger partial charge in [-0.25, -0.2) is 4.39 Å². The number of piperazine rings is 1. The molecule has 1 amide bonds. The molecule has 1 aromatic heterocycles. The zero-order chi connectivity index (χ0) is 28.4. The summed E-state index contributed by atoms with van der Waals surface area (Å²) in [5.41, 5.74) is 2.40. The summed E-state index contributed by atoms with van der Waals surface area (Å²) in [4.78, 5) is 26.1. The number of rotatable bonds is 14. The number of hydrogen-bond acceptors (Lipinski definition) is 6. The monoisotopic (exact) mass is 540 g/mol. The number of phenols is 1. The van der Waals surface area contributed by atoms with E-state index in [4.69, 9.17) is 14.7 Å². The highest BCUT2D eigenvalue weighted by atomic mass is 19.1. The molecule has 7 nitrogen and oxygen atoms in total. The van der Waals surface area contributed by atoms with Gasteiger partial charge in [-0.3, -0.25) is 4.79 Å². The number of anilines is 1. The van der Waals surface area contributed by atoms with Crippen molar-refractivity contribution < 1.29 is 19.0 Å². The normalized spacial score (nSPS) is 16.3. The van der Waals surface area contributed by atoms with E-state index in [2.05, 4.69) is 39.2 Å². The van der Waals surface area contributed by atoms with Crippen LogP contribution < -0.4 is 9.64 Å². The minimum atomic E-state index is -0.372. The molecule has 2 aromatic rings. The van der Waals surface area contributed by atoms with E-state index < -0.39 is 0 Å². The Bertz CT molecular complexity index is 1090. The molecule has 2 atom stereocenters. The van der Waals surface area contributed by atoms with Crippen LogP contribution >= 0.6 is 0 Å². The second-order valence-corrected chi connectivity index (χ2v) is 10.6. The molecular weight excluding hydrogens is 495 g/mol. The van der Waals surface area contributed by atoms with Gasteiger partial charge in [0, 0.05) is 36.8 Å². The Morgan fingerprint density at radius 3 is 2.59 bits per heavy atom. The first-order valence-electron chi connectivity index (χ1n) is 14.5. The summed E-state index contributed by atoms with van der Waals surface area (Å²) in [5, 5.41) is 10.1. The van der Waals surface area contributed by atoms with Crippen molar-refractivity contribution >= 4 is 11.7 Å². The summed E-state index contributed by atoms with van der Waals surface area (Å²) < 4.78 is 20.3. The van der Waals surface area contributed by atoms with E-state index in [-0.39, 0.29) is 23.5 Å². The predicted molar refractivity (Wildman–Crippen MR) is 154 cm³/mol. The number of phenolic OH excluding ortho intramolecular Hbond substituents is 1. The average molecular weight is 541 g/mol. The molecule has 1 unspecified atom stereocenters. The fourth-order valence-corrected chi connectivity index (χ4v) is 5.20. The maximum absolute atomic E-state index is 14.2. The number of carbonyl (C=O) groups excluding carboxylic acids is 1. The number of amides is 1. The van der Waals surface area contributed by atoms with E-state index >= 15 is 0 Å². The van der Waals surface area contributed by atoms with Crippen molar-refractivity contribution in [2.24, 2.45) is 5.92 Å². The lowest BCUT2D eigenvalue weighted by molar-refractivity contribution is -0.126. The van der Waals surface area contributed by atoms with Crippen molar-refractivity contribution in [1.29, 1.82) is 0 Å². The lowest BCUT2D eigenvalue weighted by Crippen LogP contribution is -2.54. The molecule has 1 N–H and O–H groups in total. The van der Waals surface area contributed by atoms with E-state index in [1.165, 1.54) is 30.7 Å². The van der Waals surface area contributed by atoms with Gasteiger partial charge in [0.05, 0.1) is 12.3 Å². The second-order valence-electron chi connectivity index (χ2n) is 10.6. The van der Waals surface area contributed by atoms with Crippen LogP contribution in [0.5, 0.6) is 11.8 Å². The minimum absolute atomic E-state index is 0.00343. The third kappa shape index (κ3) is 8.16. The fourth-order valence-electron chi connectivity index (χ4n) is 5.20. The largest absolute Gasteiger partial charge is 0.508 e. The molecule has 1 aliphatic rings. The molecule has 3 rings (SSSR count). The molecule has 8 heteroatoms. The third-order valence-electron chi connectivity index (χ3n) is 7.52. The van der Waals surface area contributed by atoms with Crippen LogP contribution in [0.15, 0.2) is 30.9 Å². The van der Waals surface area contributed by atoms with E-state index in [1.807, 2.05) is 4.90 Å². The van der Waals surface area contributed by atoms with Gasteiger partial charge in [-0.05, 0) is 69.6 Å². The Labute approximate surface area is 233 Å². The molecule has 1 aromatic carbocycles. The summed E-state index contributed by atoms with van der Waals surface area (Å²) >= 11 is 0. The van der Waals surface area contributed by atoms with Crippen molar-refractivity contribution in [1.82, 2.24) is 14.9 Å². The maximum Gasteiger partial charge on any atom is 0.318 e. The molecule has 39 heavy (non-hydrogen) atoms. The van der Waals surface area contributed by atoms with Gasteiger partial charge in [-0.2, -0.15) is 9.97 Å². The molecule has 0 saturated carbocycles. The van der Waals surface area contributed by atoms with Gasteiger partial charge < -0.3 is 19.6 Å². The summed E-state index contributed by atoms with van der Waals surface area (Å²) in [6.07, 6.45) is 8.27. The molecule has 1 fully saturated rings. The average Bonchev–Trinajstić information content (AvgIpc) is 2.93. The summed E-state index contributed by atoms with van der Waals surface area (Å²) in [6, 6.07) is 4.90. The van der Waals surface area contributed by atoms with E-state index in [0.29, 0.717) is 50.2 Å². The van der Waals surface area contributed by atoms with Crippen molar-refractivity contribution in [3.8, 4) is 11.8 Å². The van der Waals surface area contributed by atoms with Crippen LogP contribution in [0.1, 0.15) is 76.6 Å². The molecule has 214 valence electrons. The van der Waals surface area contributed by atoms with Crippen LogP contribution in [0.25, 0.3) is 0 Å². The third-order valence-corrected chi connectivity index (χ3v) is 7.52.